The standard InChI is InChI=1S/C13H18N2O/c1-13(6-2-3-11(13)14)12(16)9-10-4-7-15-8-5-10/h4-5,7-8,11H,2-3,6,9,14H2,1H3. The summed E-state index contributed by atoms with van der Waals surface area (Å²) >= 11 is 0. The molecule has 1 fully saturated rings. The van der Waals surface area contributed by atoms with E-state index in [0.717, 1.165) is 24.8 Å². The van der Waals surface area contributed by atoms with Gasteiger partial charge in [-0.2, -0.15) is 0 Å². The zero-order valence-electron chi connectivity index (χ0n) is 9.65. The van der Waals surface area contributed by atoms with Crippen LogP contribution in [0.2, 0.25) is 0 Å². The number of hydrogen-bond donors (Lipinski definition) is 1. The van der Waals surface area contributed by atoms with Crippen molar-refractivity contribution in [2.75, 3.05) is 0 Å². The summed E-state index contributed by atoms with van der Waals surface area (Å²) in [5.41, 5.74) is 6.75. The quantitative estimate of drug-likeness (QED) is 0.840. The van der Waals surface area contributed by atoms with Crippen LogP contribution in [0.15, 0.2) is 24.5 Å². The third kappa shape index (κ3) is 2.00. The molecule has 86 valence electrons. The second-order valence-corrected chi connectivity index (χ2v) is 4.87. The highest BCUT2D eigenvalue weighted by Gasteiger charge is 2.42. The Morgan fingerprint density at radius 3 is 2.81 bits per heavy atom. The Morgan fingerprint density at radius 1 is 1.56 bits per heavy atom. The van der Waals surface area contributed by atoms with Crippen molar-refractivity contribution < 1.29 is 4.79 Å². The summed E-state index contributed by atoms with van der Waals surface area (Å²) in [6.45, 7) is 2.01. The number of ketones is 1. The van der Waals surface area contributed by atoms with Gasteiger partial charge in [0.1, 0.15) is 5.78 Å². The lowest BCUT2D eigenvalue weighted by Crippen LogP contribution is -2.41. The van der Waals surface area contributed by atoms with Gasteiger partial charge in [-0.3, -0.25) is 9.78 Å². The number of carbonyl (C=O) groups excluding carboxylic acids is 1. The first-order chi connectivity index (χ1) is 7.63. The number of nitrogens with two attached hydrogens (primary N) is 1. The minimum absolute atomic E-state index is 0.0295. The zero-order chi connectivity index (χ0) is 11.6. The van der Waals surface area contributed by atoms with Crippen molar-refractivity contribution in [1.82, 2.24) is 4.98 Å². The van der Waals surface area contributed by atoms with Crippen LogP contribution in [0.5, 0.6) is 0 Å². The van der Waals surface area contributed by atoms with Crippen LogP contribution in [0.1, 0.15) is 31.7 Å². The summed E-state index contributed by atoms with van der Waals surface area (Å²) in [6.07, 6.45) is 6.89. The van der Waals surface area contributed by atoms with E-state index in [1.165, 1.54) is 0 Å². The molecule has 1 heterocycles. The molecule has 0 amide bonds. The molecule has 0 radical (unpaired) electrons. The molecule has 0 saturated heterocycles. The SMILES string of the molecule is CC1(C(=O)Cc2ccncc2)CCCC1N. The molecule has 0 aliphatic heterocycles. The predicted octanol–water partition coefficient (Wildman–Crippen LogP) is 1.71. The Kier molecular flexibility index (Phi) is 3.06. The topological polar surface area (TPSA) is 56.0 Å². The minimum Gasteiger partial charge on any atom is -0.327 e. The largest absolute Gasteiger partial charge is 0.327 e. The fraction of sp³-hybridized carbons (Fsp3) is 0.538. The monoisotopic (exact) mass is 218 g/mol. The average molecular weight is 218 g/mol. The van der Waals surface area contributed by atoms with E-state index in [0.29, 0.717) is 6.42 Å². The average Bonchev–Trinajstić information content (AvgIpc) is 2.62. The van der Waals surface area contributed by atoms with Gasteiger partial charge in [-0.1, -0.05) is 13.3 Å². The summed E-state index contributed by atoms with van der Waals surface area (Å²) in [4.78, 5) is 16.2. The molecule has 0 aromatic carbocycles. The third-order valence-corrected chi connectivity index (χ3v) is 3.78. The van der Waals surface area contributed by atoms with Gasteiger partial charge in [-0.15, -0.1) is 0 Å². The first-order valence-corrected chi connectivity index (χ1v) is 5.81. The zero-order valence-corrected chi connectivity index (χ0v) is 9.65. The first-order valence-electron chi connectivity index (χ1n) is 5.81. The smallest absolute Gasteiger partial charge is 0.144 e. The van der Waals surface area contributed by atoms with Gasteiger partial charge in [0.2, 0.25) is 0 Å². The van der Waals surface area contributed by atoms with Crippen molar-refractivity contribution in [3.05, 3.63) is 30.1 Å². The molecule has 2 unspecified atom stereocenters. The van der Waals surface area contributed by atoms with Crippen molar-refractivity contribution in [3.63, 3.8) is 0 Å². The number of pyridine rings is 1. The molecule has 1 aromatic heterocycles. The summed E-state index contributed by atoms with van der Waals surface area (Å²) in [5.74, 6) is 0.267. The van der Waals surface area contributed by atoms with Gasteiger partial charge < -0.3 is 5.73 Å². The van der Waals surface area contributed by atoms with E-state index in [9.17, 15) is 4.79 Å². The normalized spacial score (nSPS) is 29.2. The number of aromatic nitrogens is 1. The van der Waals surface area contributed by atoms with E-state index >= 15 is 0 Å². The van der Waals surface area contributed by atoms with Gasteiger partial charge in [0.15, 0.2) is 0 Å². The van der Waals surface area contributed by atoms with Crippen molar-refractivity contribution in [1.29, 1.82) is 0 Å². The first kappa shape index (κ1) is 11.3. The maximum atomic E-state index is 12.2. The Balaban J connectivity index is 2.09. The van der Waals surface area contributed by atoms with Crippen LogP contribution in [-0.2, 0) is 11.2 Å². The lowest BCUT2D eigenvalue weighted by Gasteiger charge is -2.27. The molecule has 3 heteroatoms. The number of nitrogens with zero attached hydrogens (tertiary/aromatic N) is 1. The van der Waals surface area contributed by atoms with Crippen LogP contribution >= 0.6 is 0 Å². The molecule has 16 heavy (non-hydrogen) atoms. The second-order valence-electron chi connectivity index (χ2n) is 4.87. The van der Waals surface area contributed by atoms with E-state index in [4.69, 9.17) is 5.73 Å². The molecule has 0 spiro atoms. The molecule has 2 atom stereocenters. The molecule has 2 rings (SSSR count). The molecule has 1 aliphatic rings. The lowest BCUT2D eigenvalue weighted by molar-refractivity contribution is -0.127. The fourth-order valence-electron chi connectivity index (χ4n) is 2.43. The second kappa shape index (κ2) is 4.34. The number of rotatable bonds is 3. The van der Waals surface area contributed by atoms with Gasteiger partial charge in [-0.05, 0) is 30.5 Å². The molecule has 2 N–H and O–H groups in total. The highest BCUT2D eigenvalue weighted by atomic mass is 16.1. The number of hydrogen-bond acceptors (Lipinski definition) is 3. The van der Waals surface area contributed by atoms with Gasteiger partial charge in [0.25, 0.3) is 0 Å². The summed E-state index contributed by atoms with van der Waals surface area (Å²) in [5, 5.41) is 0. The predicted molar refractivity (Wildman–Crippen MR) is 62.9 cm³/mol. The molecular formula is C13H18N2O. The molecule has 0 bridgehead atoms. The maximum absolute atomic E-state index is 12.2. The van der Waals surface area contributed by atoms with E-state index < -0.39 is 0 Å². The van der Waals surface area contributed by atoms with E-state index in [1.807, 2.05) is 19.1 Å². The summed E-state index contributed by atoms with van der Waals surface area (Å²) in [7, 11) is 0. The van der Waals surface area contributed by atoms with E-state index in [-0.39, 0.29) is 17.2 Å². The van der Waals surface area contributed by atoms with Crippen LogP contribution < -0.4 is 5.73 Å². The lowest BCUT2D eigenvalue weighted by atomic mass is 9.78. The number of Topliss-reactive ketones (excluding diaryl/α,β-unsaturated/α-hetero) is 1. The van der Waals surface area contributed by atoms with Crippen LogP contribution in [0.3, 0.4) is 0 Å². The Morgan fingerprint density at radius 2 is 2.25 bits per heavy atom. The molecule has 1 saturated carbocycles. The van der Waals surface area contributed by atoms with Crippen LogP contribution in [-0.4, -0.2) is 16.8 Å². The Bertz CT molecular complexity index is 377. The van der Waals surface area contributed by atoms with Gasteiger partial charge in [0, 0.05) is 30.3 Å². The highest BCUT2D eigenvalue weighted by Crippen LogP contribution is 2.38. The van der Waals surface area contributed by atoms with Gasteiger partial charge in [-0.25, -0.2) is 0 Å². The van der Waals surface area contributed by atoms with Crippen LogP contribution in [0.4, 0.5) is 0 Å². The summed E-state index contributed by atoms with van der Waals surface area (Å²) < 4.78 is 0. The fourth-order valence-corrected chi connectivity index (χ4v) is 2.43. The highest BCUT2D eigenvalue weighted by molar-refractivity contribution is 5.87. The number of carbonyl (C=O) groups is 1. The Labute approximate surface area is 96.1 Å². The van der Waals surface area contributed by atoms with Crippen molar-refractivity contribution in [2.24, 2.45) is 11.1 Å². The van der Waals surface area contributed by atoms with Crippen LogP contribution in [0, 0.1) is 5.41 Å². The van der Waals surface area contributed by atoms with E-state index in [1.54, 1.807) is 12.4 Å². The molecule has 3 nitrogen and oxygen atoms in total. The maximum Gasteiger partial charge on any atom is 0.144 e. The van der Waals surface area contributed by atoms with E-state index in [2.05, 4.69) is 4.98 Å². The van der Waals surface area contributed by atoms with Crippen molar-refractivity contribution >= 4 is 5.78 Å². The molecule has 1 aromatic rings. The molecule has 1 aliphatic carbocycles. The van der Waals surface area contributed by atoms with Gasteiger partial charge in [0.05, 0.1) is 0 Å². The van der Waals surface area contributed by atoms with Crippen LogP contribution in [0.25, 0.3) is 0 Å². The van der Waals surface area contributed by atoms with Gasteiger partial charge >= 0.3 is 0 Å². The minimum atomic E-state index is -0.316. The Hall–Kier alpha value is -1.22. The van der Waals surface area contributed by atoms with Crippen molar-refractivity contribution in [2.45, 2.75) is 38.6 Å². The molecular weight excluding hydrogens is 200 g/mol. The van der Waals surface area contributed by atoms with Crippen molar-refractivity contribution in [3.8, 4) is 0 Å². The third-order valence-electron chi connectivity index (χ3n) is 3.78. The summed E-state index contributed by atoms with van der Waals surface area (Å²) in [6, 6.07) is 3.81.